The number of amides is 5. The summed E-state index contributed by atoms with van der Waals surface area (Å²) >= 11 is 12.7. The fourth-order valence-corrected chi connectivity index (χ4v) is 5.09. The van der Waals surface area contributed by atoms with Crippen LogP contribution in [-0.2, 0) is 20.8 Å². The van der Waals surface area contributed by atoms with Crippen LogP contribution < -0.4 is 21.0 Å². The van der Waals surface area contributed by atoms with Crippen molar-refractivity contribution in [3.05, 3.63) is 63.1 Å². The molecule has 0 aliphatic carbocycles. The summed E-state index contributed by atoms with van der Waals surface area (Å²) in [6.07, 6.45) is -0.00360. The Bertz CT molecular complexity index is 1360. The second-order valence-corrected chi connectivity index (χ2v) is 9.80. The number of carboxylic acids is 1. The molecule has 210 valence electrons. The maximum Gasteiger partial charge on any atom is 0.547 e. The van der Waals surface area contributed by atoms with Crippen LogP contribution in [0, 0.1) is 0 Å². The lowest BCUT2D eigenvalue weighted by Crippen LogP contribution is -2.60. The minimum atomic E-state index is -1.63. The summed E-state index contributed by atoms with van der Waals surface area (Å²) in [5, 5.41) is 25.0. The normalized spacial score (nSPS) is 17.6. The van der Waals surface area contributed by atoms with Gasteiger partial charge in [-0.25, -0.2) is 9.59 Å². The minimum absolute atomic E-state index is 0.00360. The van der Waals surface area contributed by atoms with Crippen LogP contribution in [0.25, 0.3) is 0 Å². The zero-order valence-electron chi connectivity index (χ0n) is 20.8. The Kier molecular flexibility index (Phi) is 8.84. The number of rotatable bonds is 7. The van der Waals surface area contributed by atoms with Gasteiger partial charge in [-0.2, -0.15) is 0 Å². The SMILES string of the molecule is NCCN1CCN(C(=O)N[C@H](C(=O)N[C@H]2Cc3cccc(C(=O)O)c3OB2O)c2c(Cl)cccc2Cl)C(=O)C1=O. The molecular formula is C24H24BCl2N5O8. The molecule has 16 heteroatoms. The van der Waals surface area contributed by atoms with E-state index in [4.69, 9.17) is 33.6 Å². The van der Waals surface area contributed by atoms with Gasteiger partial charge in [-0.15, -0.1) is 0 Å². The number of carbonyl (C=O) groups excluding carboxylic acids is 4. The molecule has 0 spiro atoms. The van der Waals surface area contributed by atoms with Crippen LogP contribution in [0.5, 0.6) is 5.75 Å². The van der Waals surface area contributed by atoms with Gasteiger partial charge >= 0.3 is 30.9 Å². The molecule has 0 radical (unpaired) electrons. The van der Waals surface area contributed by atoms with Gasteiger partial charge in [0.05, 0.1) is 11.5 Å². The number of halogens is 2. The Labute approximate surface area is 238 Å². The Morgan fingerprint density at radius 3 is 2.42 bits per heavy atom. The zero-order valence-corrected chi connectivity index (χ0v) is 22.3. The van der Waals surface area contributed by atoms with E-state index in [1.807, 2.05) is 0 Å². The Hall–Kier alpha value is -3.85. The molecule has 0 bridgehead atoms. The predicted molar refractivity (Wildman–Crippen MR) is 143 cm³/mol. The van der Waals surface area contributed by atoms with Gasteiger partial charge in [-0.3, -0.25) is 19.3 Å². The lowest BCUT2D eigenvalue weighted by molar-refractivity contribution is -0.153. The van der Waals surface area contributed by atoms with Gasteiger partial charge in [-0.05, 0) is 30.2 Å². The number of fused-ring (bicyclic) bond motifs is 1. The van der Waals surface area contributed by atoms with Crippen molar-refractivity contribution in [1.82, 2.24) is 20.4 Å². The highest BCUT2D eigenvalue weighted by Gasteiger charge is 2.41. The van der Waals surface area contributed by atoms with Crippen molar-refractivity contribution in [1.29, 1.82) is 0 Å². The molecule has 2 atom stereocenters. The number of nitrogens with zero attached hydrogens (tertiary/aromatic N) is 2. The highest BCUT2D eigenvalue weighted by atomic mass is 35.5. The first-order chi connectivity index (χ1) is 19.0. The third-order valence-corrected chi connectivity index (χ3v) is 7.11. The molecule has 6 N–H and O–H groups in total. The molecule has 1 fully saturated rings. The molecule has 0 unspecified atom stereocenters. The van der Waals surface area contributed by atoms with Crippen molar-refractivity contribution in [2.45, 2.75) is 18.4 Å². The van der Waals surface area contributed by atoms with Crippen molar-refractivity contribution < 1.29 is 38.8 Å². The number of imide groups is 1. The average molecular weight is 592 g/mol. The van der Waals surface area contributed by atoms with E-state index in [-0.39, 0.29) is 59.5 Å². The standard InChI is InChI=1S/C24H24BCl2N5O8/c26-14-5-2-6-15(27)17(14)18(30-24(38)32-10-9-31(8-7-28)21(34)22(32)35)20(33)29-16-11-12-3-1-4-13(23(36)37)19(12)40-25(16)39/h1-6,16,18,39H,7-11,28H2,(H,29,33)(H,30,38)(H,36,37)/t16-,18-/m0/s1. The number of piperazine rings is 1. The molecule has 2 aliphatic heterocycles. The number of para-hydroxylation sites is 1. The lowest BCUT2D eigenvalue weighted by atomic mass is 9.72. The van der Waals surface area contributed by atoms with Gasteiger partial charge in [0.2, 0.25) is 5.91 Å². The Morgan fingerprint density at radius 2 is 1.77 bits per heavy atom. The zero-order chi connectivity index (χ0) is 29.1. The van der Waals surface area contributed by atoms with Gasteiger partial charge in [0, 0.05) is 41.8 Å². The van der Waals surface area contributed by atoms with Crippen molar-refractivity contribution in [3.8, 4) is 5.75 Å². The number of urea groups is 1. The van der Waals surface area contributed by atoms with E-state index in [1.54, 1.807) is 6.07 Å². The summed E-state index contributed by atoms with van der Waals surface area (Å²) in [7, 11) is -1.63. The number of hydrogen-bond acceptors (Lipinski definition) is 8. The van der Waals surface area contributed by atoms with Crippen LogP contribution in [-0.4, -0.2) is 88.9 Å². The number of benzene rings is 2. The first kappa shape index (κ1) is 29.1. The maximum absolute atomic E-state index is 13.6. The number of nitrogens with one attached hydrogen (secondary N) is 2. The summed E-state index contributed by atoms with van der Waals surface area (Å²) < 4.78 is 5.42. The fraction of sp³-hybridized carbons (Fsp3) is 0.292. The van der Waals surface area contributed by atoms with Crippen LogP contribution in [0.2, 0.25) is 10.0 Å². The fourth-order valence-electron chi connectivity index (χ4n) is 4.48. The van der Waals surface area contributed by atoms with Crippen molar-refractivity contribution >= 4 is 60.0 Å². The molecule has 2 aromatic carbocycles. The van der Waals surface area contributed by atoms with Gasteiger partial charge in [0.15, 0.2) is 0 Å². The number of carbonyl (C=O) groups is 5. The second-order valence-electron chi connectivity index (χ2n) is 8.98. The molecule has 0 saturated carbocycles. The third-order valence-electron chi connectivity index (χ3n) is 6.45. The highest BCUT2D eigenvalue weighted by Crippen LogP contribution is 2.33. The molecule has 2 aromatic rings. The van der Waals surface area contributed by atoms with Crippen molar-refractivity contribution in [3.63, 3.8) is 0 Å². The van der Waals surface area contributed by atoms with E-state index >= 15 is 0 Å². The molecule has 1 saturated heterocycles. The van der Waals surface area contributed by atoms with Crippen LogP contribution >= 0.6 is 23.2 Å². The maximum atomic E-state index is 13.6. The van der Waals surface area contributed by atoms with Gasteiger partial charge in [0.25, 0.3) is 0 Å². The molecule has 40 heavy (non-hydrogen) atoms. The van der Waals surface area contributed by atoms with E-state index < -0.39 is 48.8 Å². The summed E-state index contributed by atoms with van der Waals surface area (Å²) in [5.74, 6) is -5.21. The number of carboxylic acid groups (broad SMARTS) is 1. The van der Waals surface area contributed by atoms with E-state index in [0.717, 1.165) is 0 Å². The lowest BCUT2D eigenvalue weighted by Gasteiger charge is -2.34. The Balaban J connectivity index is 1.58. The van der Waals surface area contributed by atoms with Gasteiger partial charge in [-0.1, -0.05) is 41.4 Å². The Morgan fingerprint density at radius 1 is 1.10 bits per heavy atom. The van der Waals surface area contributed by atoms with Gasteiger partial charge < -0.3 is 36.1 Å². The number of hydrogen-bond donors (Lipinski definition) is 5. The number of nitrogens with two attached hydrogens (primary N) is 1. The highest BCUT2D eigenvalue weighted by molar-refractivity contribution is 6.47. The summed E-state index contributed by atoms with van der Waals surface area (Å²) in [6, 6.07) is 6.22. The van der Waals surface area contributed by atoms with Crippen LogP contribution in [0.15, 0.2) is 36.4 Å². The summed E-state index contributed by atoms with van der Waals surface area (Å²) in [6.45, 7) is 0.196. The predicted octanol–water partition coefficient (Wildman–Crippen LogP) is 0.211. The molecule has 2 aliphatic rings. The van der Waals surface area contributed by atoms with E-state index in [1.165, 1.54) is 35.2 Å². The molecule has 2 heterocycles. The van der Waals surface area contributed by atoms with Crippen LogP contribution in [0.3, 0.4) is 0 Å². The van der Waals surface area contributed by atoms with Crippen LogP contribution in [0.4, 0.5) is 4.79 Å². The van der Waals surface area contributed by atoms with Gasteiger partial charge in [0.1, 0.15) is 11.8 Å². The second kappa shape index (κ2) is 12.1. The molecule has 13 nitrogen and oxygen atoms in total. The van der Waals surface area contributed by atoms with Crippen molar-refractivity contribution in [2.75, 3.05) is 26.2 Å². The minimum Gasteiger partial charge on any atom is -0.534 e. The monoisotopic (exact) mass is 591 g/mol. The molecule has 0 aromatic heterocycles. The molecular weight excluding hydrogens is 568 g/mol. The largest absolute Gasteiger partial charge is 0.547 e. The van der Waals surface area contributed by atoms with Crippen molar-refractivity contribution in [2.24, 2.45) is 5.73 Å². The van der Waals surface area contributed by atoms with Crippen LogP contribution in [0.1, 0.15) is 27.5 Å². The smallest absolute Gasteiger partial charge is 0.534 e. The first-order valence-corrected chi connectivity index (χ1v) is 12.8. The summed E-state index contributed by atoms with van der Waals surface area (Å²) in [4.78, 5) is 65.1. The molecule has 4 rings (SSSR count). The average Bonchev–Trinajstić information content (AvgIpc) is 2.90. The van der Waals surface area contributed by atoms with E-state index in [9.17, 15) is 34.1 Å². The van der Waals surface area contributed by atoms with E-state index in [2.05, 4.69) is 10.6 Å². The quantitative estimate of drug-likeness (QED) is 0.221. The van der Waals surface area contributed by atoms with E-state index in [0.29, 0.717) is 10.5 Å². The third kappa shape index (κ3) is 5.84. The topological polar surface area (TPSA) is 192 Å². The number of aromatic carboxylic acids is 1. The molecule has 5 amide bonds. The first-order valence-electron chi connectivity index (χ1n) is 12.1. The summed E-state index contributed by atoms with van der Waals surface area (Å²) in [5.41, 5.74) is 5.75.